The molecule has 0 radical (unpaired) electrons. The minimum Gasteiger partial charge on any atom is -0.322 e. The number of hydrogen-bond acceptors (Lipinski definition) is 3. The molecule has 1 aromatic carbocycles. The molecule has 110 valence electrons. The largest absolute Gasteiger partial charge is 0.322 e. The van der Waals surface area contributed by atoms with E-state index >= 15 is 0 Å². The fraction of sp³-hybridized carbons (Fsp3) is 0.188. The first-order chi connectivity index (χ1) is 10.7. The molecule has 1 amide bonds. The SMILES string of the molecule is O=C(Nc1nc2ncccc2[nH]1)C1CC1c1ccc(Cl)cc1. The van der Waals surface area contributed by atoms with Gasteiger partial charge in [-0.2, -0.15) is 4.98 Å². The third-order valence-electron chi connectivity index (χ3n) is 3.92. The second-order valence-electron chi connectivity index (χ2n) is 5.45. The van der Waals surface area contributed by atoms with Gasteiger partial charge in [0.2, 0.25) is 11.9 Å². The monoisotopic (exact) mass is 312 g/mol. The zero-order valence-corrected chi connectivity index (χ0v) is 12.3. The van der Waals surface area contributed by atoms with E-state index in [0.717, 1.165) is 17.5 Å². The van der Waals surface area contributed by atoms with Crippen LogP contribution in [0.2, 0.25) is 5.02 Å². The van der Waals surface area contributed by atoms with Crippen LogP contribution in [0.15, 0.2) is 42.6 Å². The second kappa shape index (κ2) is 5.10. The molecule has 6 heteroatoms. The number of carbonyl (C=O) groups excluding carboxylic acids is 1. The average Bonchev–Trinajstić information content (AvgIpc) is 3.21. The van der Waals surface area contributed by atoms with E-state index < -0.39 is 0 Å². The zero-order chi connectivity index (χ0) is 15.1. The number of anilines is 1. The number of pyridine rings is 1. The molecule has 2 aromatic heterocycles. The van der Waals surface area contributed by atoms with Gasteiger partial charge in [-0.15, -0.1) is 0 Å². The van der Waals surface area contributed by atoms with Crippen LogP contribution in [0.25, 0.3) is 11.2 Å². The van der Waals surface area contributed by atoms with E-state index in [4.69, 9.17) is 11.6 Å². The van der Waals surface area contributed by atoms with Crippen molar-refractivity contribution in [3.63, 3.8) is 0 Å². The van der Waals surface area contributed by atoms with Crippen molar-refractivity contribution in [3.05, 3.63) is 53.2 Å². The Morgan fingerprint density at radius 3 is 2.86 bits per heavy atom. The Hall–Kier alpha value is -2.40. The maximum absolute atomic E-state index is 12.3. The van der Waals surface area contributed by atoms with Gasteiger partial charge in [0.05, 0.1) is 5.52 Å². The molecule has 1 saturated carbocycles. The van der Waals surface area contributed by atoms with Crippen LogP contribution in [0.3, 0.4) is 0 Å². The minimum absolute atomic E-state index is 0.0117. The molecule has 1 fully saturated rings. The number of H-pyrrole nitrogens is 1. The number of nitrogens with one attached hydrogen (secondary N) is 2. The number of benzene rings is 1. The van der Waals surface area contributed by atoms with E-state index in [0.29, 0.717) is 16.6 Å². The summed E-state index contributed by atoms with van der Waals surface area (Å²) in [6, 6.07) is 11.4. The summed E-state index contributed by atoms with van der Waals surface area (Å²) in [4.78, 5) is 23.7. The van der Waals surface area contributed by atoms with Gasteiger partial charge in [0.25, 0.3) is 0 Å². The first kappa shape index (κ1) is 13.3. The molecular weight excluding hydrogens is 300 g/mol. The molecule has 5 nitrogen and oxygen atoms in total. The van der Waals surface area contributed by atoms with Gasteiger partial charge < -0.3 is 4.98 Å². The number of rotatable bonds is 3. The van der Waals surface area contributed by atoms with Gasteiger partial charge in [0.15, 0.2) is 5.65 Å². The smallest absolute Gasteiger partial charge is 0.230 e. The van der Waals surface area contributed by atoms with Crippen LogP contribution in [0.1, 0.15) is 17.9 Å². The second-order valence-corrected chi connectivity index (χ2v) is 5.89. The molecule has 1 aliphatic rings. The third-order valence-corrected chi connectivity index (χ3v) is 4.18. The minimum atomic E-state index is -0.0148. The highest BCUT2D eigenvalue weighted by molar-refractivity contribution is 6.30. The van der Waals surface area contributed by atoms with E-state index in [1.54, 1.807) is 6.20 Å². The molecule has 0 spiro atoms. The lowest BCUT2D eigenvalue weighted by molar-refractivity contribution is -0.117. The van der Waals surface area contributed by atoms with E-state index in [2.05, 4.69) is 20.3 Å². The van der Waals surface area contributed by atoms with Crippen molar-refractivity contribution in [1.29, 1.82) is 0 Å². The normalized spacial score (nSPS) is 20.0. The molecule has 2 N–H and O–H groups in total. The number of fused-ring (bicyclic) bond motifs is 1. The maximum Gasteiger partial charge on any atom is 0.230 e. The Bertz CT molecular complexity index is 810. The molecule has 2 atom stereocenters. The van der Waals surface area contributed by atoms with Gasteiger partial charge >= 0.3 is 0 Å². The summed E-state index contributed by atoms with van der Waals surface area (Å²) >= 11 is 5.88. The lowest BCUT2D eigenvalue weighted by atomic mass is 10.1. The summed E-state index contributed by atoms with van der Waals surface area (Å²) in [6.07, 6.45) is 2.53. The predicted molar refractivity (Wildman–Crippen MR) is 84.8 cm³/mol. The van der Waals surface area contributed by atoms with E-state index in [1.807, 2.05) is 36.4 Å². The summed E-state index contributed by atoms with van der Waals surface area (Å²) in [5.41, 5.74) is 2.56. The van der Waals surface area contributed by atoms with Crippen LogP contribution in [0, 0.1) is 5.92 Å². The Balaban J connectivity index is 1.46. The number of aromatic amines is 1. The summed E-state index contributed by atoms with van der Waals surface area (Å²) in [5, 5.41) is 3.54. The highest BCUT2D eigenvalue weighted by Crippen LogP contribution is 2.48. The van der Waals surface area contributed by atoms with Gasteiger partial charge in [-0.3, -0.25) is 10.1 Å². The van der Waals surface area contributed by atoms with E-state index in [-0.39, 0.29) is 17.7 Å². The van der Waals surface area contributed by atoms with Gasteiger partial charge in [0, 0.05) is 17.1 Å². The van der Waals surface area contributed by atoms with Crippen molar-refractivity contribution in [3.8, 4) is 0 Å². The molecule has 0 aliphatic heterocycles. The van der Waals surface area contributed by atoms with Crippen LogP contribution in [-0.2, 0) is 4.79 Å². The van der Waals surface area contributed by atoms with E-state index in [1.165, 1.54) is 0 Å². The summed E-state index contributed by atoms with van der Waals surface area (Å²) < 4.78 is 0. The lowest BCUT2D eigenvalue weighted by Crippen LogP contribution is -2.15. The Kier molecular flexibility index (Phi) is 3.08. The van der Waals surface area contributed by atoms with Crippen molar-refractivity contribution >= 4 is 34.6 Å². The highest BCUT2D eigenvalue weighted by Gasteiger charge is 2.44. The molecule has 4 rings (SSSR count). The van der Waals surface area contributed by atoms with Crippen molar-refractivity contribution in [2.45, 2.75) is 12.3 Å². The number of aromatic nitrogens is 3. The first-order valence-corrected chi connectivity index (χ1v) is 7.45. The Morgan fingerprint density at radius 1 is 1.27 bits per heavy atom. The van der Waals surface area contributed by atoms with Gasteiger partial charge in [-0.25, -0.2) is 4.98 Å². The fourth-order valence-corrected chi connectivity index (χ4v) is 2.80. The number of imidazole rings is 1. The quantitative estimate of drug-likeness (QED) is 0.779. The topological polar surface area (TPSA) is 70.7 Å². The molecular formula is C16H13ClN4O. The number of halogens is 1. The highest BCUT2D eigenvalue weighted by atomic mass is 35.5. The molecule has 22 heavy (non-hydrogen) atoms. The van der Waals surface area contributed by atoms with Crippen molar-refractivity contribution in [1.82, 2.24) is 15.0 Å². The summed E-state index contributed by atoms with van der Waals surface area (Å²) in [6.45, 7) is 0. The van der Waals surface area contributed by atoms with E-state index in [9.17, 15) is 4.79 Å². The van der Waals surface area contributed by atoms with Crippen LogP contribution in [0.5, 0.6) is 0 Å². The van der Waals surface area contributed by atoms with Gasteiger partial charge in [-0.1, -0.05) is 23.7 Å². The summed E-state index contributed by atoms with van der Waals surface area (Å²) in [7, 11) is 0. The van der Waals surface area contributed by atoms with Crippen molar-refractivity contribution < 1.29 is 4.79 Å². The maximum atomic E-state index is 12.3. The molecule has 2 unspecified atom stereocenters. The fourth-order valence-electron chi connectivity index (χ4n) is 2.68. The average molecular weight is 313 g/mol. The number of nitrogens with zero attached hydrogens (tertiary/aromatic N) is 2. The molecule has 0 saturated heterocycles. The molecule has 2 heterocycles. The number of amides is 1. The molecule has 1 aliphatic carbocycles. The number of carbonyl (C=O) groups is 1. The zero-order valence-electron chi connectivity index (χ0n) is 11.6. The van der Waals surface area contributed by atoms with Crippen LogP contribution < -0.4 is 5.32 Å². The van der Waals surface area contributed by atoms with Gasteiger partial charge in [-0.05, 0) is 42.2 Å². The first-order valence-electron chi connectivity index (χ1n) is 7.08. The third kappa shape index (κ3) is 2.44. The van der Waals surface area contributed by atoms with Crippen LogP contribution in [0.4, 0.5) is 5.95 Å². The molecule has 0 bridgehead atoms. The van der Waals surface area contributed by atoms with Crippen molar-refractivity contribution in [2.24, 2.45) is 5.92 Å². The van der Waals surface area contributed by atoms with Crippen molar-refractivity contribution in [2.75, 3.05) is 5.32 Å². The predicted octanol–water partition coefficient (Wildman–Crippen LogP) is 3.35. The van der Waals surface area contributed by atoms with Gasteiger partial charge in [0.1, 0.15) is 0 Å². The van der Waals surface area contributed by atoms with Crippen LogP contribution >= 0.6 is 11.6 Å². The molecule has 3 aromatic rings. The van der Waals surface area contributed by atoms with Crippen LogP contribution in [-0.4, -0.2) is 20.9 Å². The summed E-state index contributed by atoms with van der Waals surface area (Å²) in [5.74, 6) is 0.682. The lowest BCUT2D eigenvalue weighted by Gasteiger charge is -2.02. The Morgan fingerprint density at radius 2 is 2.09 bits per heavy atom. The Labute approximate surface area is 131 Å². The number of hydrogen-bond donors (Lipinski definition) is 2. The standard InChI is InChI=1S/C16H13ClN4O/c17-10-5-3-9(4-6-10)11-8-12(11)15(22)21-16-19-13-2-1-7-18-14(13)20-16/h1-7,11-12H,8H2,(H2,18,19,20,21,22).